The summed E-state index contributed by atoms with van der Waals surface area (Å²) in [7, 11) is 4.66. The second-order valence-corrected chi connectivity index (χ2v) is 16.3. The van der Waals surface area contributed by atoms with Gasteiger partial charge in [-0.3, -0.25) is 4.79 Å². The van der Waals surface area contributed by atoms with Crippen molar-refractivity contribution in [1.82, 2.24) is 4.98 Å². The number of hydrogen-bond donors (Lipinski definition) is 4. The first kappa shape index (κ1) is 38.5. The third-order valence-electron chi connectivity index (χ3n) is 10.5. The molecule has 5 heterocycles. The molecule has 0 amide bonds. The van der Waals surface area contributed by atoms with E-state index < -0.39 is 79.7 Å². The zero-order valence-corrected chi connectivity index (χ0v) is 31.7. The highest BCUT2D eigenvalue weighted by Gasteiger charge is 2.56. The van der Waals surface area contributed by atoms with E-state index in [1.54, 1.807) is 59.0 Å². The van der Waals surface area contributed by atoms with Crippen LogP contribution in [0.3, 0.4) is 0 Å². The van der Waals surface area contributed by atoms with E-state index in [4.69, 9.17) is 42.6 Å². The summed E-state index contributed by atoms with van der Waals surface area (Å²) in [4.78, 5) is 18.0. The first-order valence-corrected chi connectivity index (χ1v) is 20.5. The van der Waals surface area contributed by atoms with Crippen LogP contribution in [0, 0.1) is 11.8 Å². The van der Waals surface area contributed by atoms with Gasteiger partial charge < -0.3 is 63.1 Å². The average molecular weight is 802 g/mol. The number of carbonyl (C=O) groups is 1. The summed E-state index contributed by atoms with van der Waals surface area (Å²) < 4.78 is 53.0. The van der Waals surface area contributed by atoms with E-state index in [9.17, 15) is 25.2 Å². The van der Waals surface area contributed by atoms with E-state index in [1.165, 1.54) is 7.11 Å². The summed E-state index contributed by atoms with van der Waals surface area (Å²) >= 11 is 0. The van der Waals surface area contributed by atoms with Crippen LogP contribution in [0.4, 0.5) is 0 Å². The minimum atomic E-state index is -1.47. The highest BCUT2D eigenvalue weighted by atomic mass is 33.1. The number of carbonyl (C=O) groups excluding carboxylic acids is 1. The Morgan fingerprint density at radius 3 is 2.60 bits per heavy atom. The number of pyridine rings is 1. The number of benzene rings is 2. The molecule has 0 spiro atoms. The Hall–Kier alpha value is -3.36. The molecule has 5 aliphatic rings. The molecule has 2 aromatic carbocycles. The van der Waals surface area contributed by atoms with Crippen LogP contribution < -0.4 is 18.9 Å². The van der Waals surface area contributed by atoms with Gasteiger partial charge in [0.15, 0.2) is 41.9 Å². The lowest BCUT2D eigenvalue weighted by atomic mass is 9.66. The number of ether oxygens (including phenoxy) is 9. The van der Waals surface area contributed by atoms with Gasteiger partial charge in [-0.2, -0.15) is 0 Å². The number of aliphatic hydroxyl groups is 4. The molecule has 8 rings (SSSR count). The van der Waals surface area contributed by atoms with Gasteiger partial charge in [-0.05, 0) is 77.2 Å². The van der Waals surface area contributed by atoms with E-state index >= 15 is 0 Å². The summed E-state index contributed by atoms with van der Waals surface area (Å²) in [5, 5.41) is 44.6. The molecule has 0 radical (unpaired) electrons. The van der Waals surface area contributed by atoms with Gasteiger partial charge in [0.25, 0.3) is 0 Å². The number of fused-ring (bicyclic) bond motifs is 4. The second kappa shape index (κ2) is 16.6. The Morgan fingerprint density at radius 2 is 1.84 bits per heavy atom. The molecular weight excluding hydrogens is 759 g/mol. The molecule has 4 aliphatic heterocycles. The maximum atomic E-state index is 13.7. The van der Waals surface area contributed by atoms with Crippen molar-refractivity contribution in [3.05, 3.63) is 70.9 Å². The van der Waals surface area contributed by atoms with E-state index in [1.807, 2.05) is 18.2 Å². The van der Waals surface area contributed by atoms with Crippen molar-refractivity contribution in [3.63, 3.8) is 0 Å². The van der Waals surface area contributed by atoms with Gasteiger partial charge >= 0.3 is 5.97 Å². The Labute approximate surface area is 324 Å². The molecule has 15 nitrogen and oxygen atoms in total. The summed E-state index contributed by atoms with van der Waals surface area (Å²) in [5.41, 5.74) is 2.28. The predicted octanol–water partition coefficient (Wildman–Crippen LogP) is 3.43. The fourth-order valence-electron chi connectivity index (χ4n) is 7.92. The van der Waals surface area contributed by atoms with Crippen LogP contribution in [0.25, 0.3) is 0 Å². The van der Waals surface area contributed by atoms with Crippen LogP contribution in [0.2, 0.25) is 0 Å². The summed E-state index contributed by atoms with van der Waals surface area (Å²) in [6, 6.07) is 12.8. The highest BCUT2D eigenvalue weighted by Crippen LogP contribution is 2.56. The van der Waals surface area contributed by atoms with Gasteiger partial charge in [0, 0.05) is 35.8 Å². The number of aliphatic hydroxyl groups excluding tert-OH is 4. The van der Waals surface area contributed by atoms with Crippen molar-refractivity contribution in [3.8, 4) is 23.0 Å². The molecule has 0 bridgehead atoms. The molecule has 0 saturated carbocycles. The second-order valence-electron chi connectivity index (χ2n) is 13.9. The molecule has 55 heavy (non-hydrogen) atoms. The van der Waals surface area contributed by atoms with Gasteiger partial charge in [0.05, 0.1) is 39.0 Å². The topological polar surface area (TPSA) is 194 Å². The number of nitrogens with zero attached hydrogens (tertiary/aromatic N) is 1. The van der Waals surface area contributed by atoms with Gasteiger partial charge in [-0.1, -0.05) is 16.9 Å². The van der Waals surface area contributed by atoms with Gasteiger partial charge in [-0.15, -0.1) is 0 Å². The first-order valence-electron chi connectivity index (χ1n) is 18.1. The normalized spacial score (nSPS) is 31.2. The van der Waals surface area contributed by atoms with E-state index in [-0.39, 0.29) is 31.5 Å². The predicted molar refractivity (Wildman–Crippen MR) is 194 cm³/mol. The summed E-state index contributed by atoms with van der Waals surface area (Å²) in [6.07, 6.45) is -5.46. The van der Waals surface area contributed by atoms with Crippen molar-refractivity contribution >= 4 is 27.6 Å². The lowest BCUT2D eigenvalue weighted by Gasteiger charge is -2.47. The molecule has 11 atom stereocenters. The number of hydrogen-bond acceptors (Lipinski definition) is 17. The quantitative estimate of drug-likeness (QED) is 0.0849. The van der Waals surface area contributed by atoms with Crippen LogP contribution in [0.15, 0.2) is 53.7 Å². The number of aromatic nitrogens is 1. The first-order chi connectivity index (χ1) is 26.7. The number of cyclic esters (lactones) is 1. The van der Waals surface area contributed by atoms with Crippen LogP contribution in [-0.2, 0) is 35.1 Å². The molecule has 17 heteroatoms. The molecule has 4 N–H and O–H groups in total. The third-order valence-corrected chi connectivity index (χ3v) is 12.9. The zero-order chi connectivity index (χ0) is 38.2. The van der Waals surface area contributed by atoms with Gasteiger partial charge in [0.2, 0.25) is 6.79 Å². The number of esters is 1. The molecule has 3 aromatic rings. The minimum Gasteiger partial charge on any atom is -0.493 e. The fraction of sp³-hybridized carbons (Fsp3) is 0.526. The Morgan fingerprint density at radius 1 is 1.02 bits per heavy atom. The molecule has 1 aliphatic carbocycles. The highest BCUT2D eigenvalue weighted by molar-refractivity contribution is 8.76. The SMILES string of the molecule is COc1cc([C@@H]2c3cc4c(cc3[C@@H](OC3OC5COC(C)OC5C(O)C3O)[C@H]3COC(=O)[C@H]23)OCO4)cc(CO)c1OC(O)CCCSSc1ccccn1. The van der Waals surface area contributed by atoms with E-state index in [0.29, 0.717) is 46.6 Å². The molecule has 7 unspecified atom stereocenters. The molecule has 3 fully saturated rings. The standard InChI is InChI=1S/C38H43NO14S2/c1-18-46-16-27-36(50-18)32(42)33(43)38(51-27)53-35-22-13-25-24(48-17-49-25)12-21(22)30(31-23(35)15-47-37(31)44)19-10-20(14-40)34(26(11-19)45-2)52-29(41)7-5-9-54-55-28-6-3-4-8-39-28/h3-4,6,8,10-13,18,23,27,29-33,35-36,38,40-43H,5,7,9,14-17H2,1-2H3/t18?,23-,27?,29?,30+,31-,32?,33?,35+,36?,38?/m0/s1. The molecule has 296 valence electrons. The van der Waals surface area contributed by atoms with Crippen LogP contribution >= 0.6 is 21.6 Å². The third kappa shape index (κ3) is 7.71. The van der Waals surface area contributed by atoms with E-state index in [2.05, 4.69) is 4.98 Å². The minimum absolute atomic E-state index is 0.0000539. The molecular formula is C38H43NO14S2. The van der Waals surface area contributed by atoms with Crippen molar-refractivity contribution < 1.29 is 67.9 Å². The molecule has 1 aromatic heterocycles. The smallest absolute Gasteiger partial charge is 0.310 e. The average Bonchev–Trinajstić information content (AvgIpc) is 3.82. The monoisotopic (exact) mass is 801 g/mol. The molecule has 3 saturated heterocycles. The lowest BCUT2D eigenvalue weighted by Crippen LogP contribution is -2.63. The Balaban J connectivity index is 1.07. The van der Waals surface area contributed by atoms with Gasteiger partial charge in [-0.25, -0.2) is 4.98 Å². The zero-order valence-electron chi connectivity index (χ0n) is 30.1. The maximum absolute atomic E-state index is 13.7. The Kier molecular flexibility index (Phi) is 11.6. The largest absolute Gasteiger partial charge is 0.493 e. The summed E-state index contributed by atoms with van der Waals surface area (Å²) in [5.74, 6) is -0.290. The van der Waals surface area contributed by atoms with Crippen molar-refractivity contribution in [2.45, 2.75) is 86.7 Å². The van der Waals surface area contributed by atoms with Crippen molar-refractivity contribution in [2.75, 3.05) is 32.9 Å². The summed E-state index contributed by atoms with van der Waals surface area (Å²) in [6.45, 7) is 1.39. The maximum Gasteiger partial charge on any atom is 0.310 e. The van der Waals surface area contributed by atoms with Crippen molar-refractivity contribution in [2.24, 2.45) is 11.8 Å². The number of rotatable bonds is 13. The van der Waals surface area contributed by atoms with Crippen molar-refractivity contribution in [1.29, 1.82) is 0 Å². The van der Waals surface area contributed by atoms with E-state index in [0.717, 1.165) is 10.8 Å². The van der Waals surface area contributed by atoms with Crippen LogP contribution in [-0.4, -0.2) is 108 Å². The van der Waals surface area contributed by atoms with Crippen LogP contribution in [0.5, 0.6) is 23.0 Å². The Bertz CT molecular complexity index is 1810. The van der Waals surface area contributed by atoms with Gasteiger partial charge in [0.1, 0.15) is 29.4 Å². The fourth-order valence-corrected chi connectivity index (χ4v) is 9.91. The number of methoxy groups -OCH3 is 1. The van der Waals surface area contributed by atoms with Crippen LogP contribution in [0.1, 0.15) is 54.0 Å². The lowest BCUT2D eigenvalue weighted by molar-refractivity contribution is -0.364.